The molecule has 1 N–H and O–H groups in total. The average Bonchev–Trinajstić information content (AvgIpc) is 3.18. The van der Waals surface area contributed by atoms with Gasteiger partial charge < -0.3 is 0 Å². The van der Waals surface area contributed by atoms with Crippen molar-refractivity contribution in [3.63, 3.8) is 0 Å². The van der Waals surface area contributed by atoms with Gasteiger partial charge in [-0.2, -0.15) is 5.10 Å². The molecule has 0 fully saturated rings. The molecule has 1 amide bonds. The van der Waals surface area contributed by atoms with E-state index in [-0.39, 0.29) is 17.2 Å². The molecule has 2 heterocycles. The highest BCUT2D eigenvalue weighted by Crippen LogP contribution is 2.21. The fourth-order valence-corrected chi connectivity index (χ4v) is 4.56. The Kier molecular flexibility index (Phi) is 6.29. The van der Waals surface area contributed by atoms with Crippen LogP contribution in [0.15, 0.2) is 75.0 Å². The van der Waals surface area contributed by atoms with Crippen LogP contribution in [-0.4, -0.2) is 27.4 Å². The lowest BCUT2D eigenvalue weighted by Crippen LogP contribution is -2.24. The van der Waals surface area contributed by atoms with E-state index in [2.05, 4.69) is 15.5 Å². The van der Waals surface area contributed by atoms with Crippen molar-refractivity contribution in [3.8, 4) is 5.69 Å². The normalized spacial score (nSPS) is 11.3. The minimum Gasteiger partial charge on any atom is -0.272 e. The summed E-state index contributed by atoms with van der Waals surface area (Å²) < 4.78 is 1.55. The maximum atomic E-state index is 13.2. The molecule has 6 nitrogen and oxygen atoms in total. The van der Waals surface area contributed by atoms with Crippen molar-refractivity contribution in [2.45, 2.75) is 19.0 Å². The Labute approximate surface area is 187 Å². The Morgan fingerprint density at radius 3 is 2.68 bits per heavy atom. The Bertz CT molecular complexity index is 1320. The topological polar surface area (TPSA) is 76.3 Å². The second kappa shape index (κ2) is 9.28. The number of nitrogens with one attached hydrogen (secondary N) is 1. The first-order chi connectivity index (χ1) is 15.0. The van der Waals surface area contributed by atoms with Crippen molar-refractivity contribution >= 4 is 46.1 Å². The van der Waals surface area contributed by atoms with Crippen LogP contribution in [0.1, 0.15) is 16.0 Å². The SMILES string of the molecule is Cc1ccc(-n2c(SCC(=O)NN=Cc3sccc3C)nc3ccccc3c2=O)cc1. The van der Waals surface area contributed by atoms with Crippen LogP contribution in [-0.2, 0) is 4.79 Å². The number of para-hydroxylation sites is 1. The van der Waals surface area contributed by atoms with Crippen LogP contribution in [0, 0.1) is 13.8 Å². The highest BCUT2D eigenvalue weighted by atomic mass is 32.2. The zero-order valence-corrected chi connectivity index (χ0v) is 18.7. The molecule has 4 rings (SSSR count). The molecule has 0 saturated carbocycles. The predicted octanol–water partition coefficient (Wildman–Crippen LogP) is 4.31. The van der Waals surface area contributed by atoms with E-state index in [0.29, 0.717) is 21.7 Å². The zero-order chi connectivity index (χ0) is 21.8. The monoisotopic (exact) mass is 448 g/mol. The Morgan fingerprint density at radius 1 is 1.16 bits per heavy atom. The minimum absolute atomic E-state index is 0.0808. The van der Waals surface area contributed by atoms with Crippen LogP contribution in [0.3, 0.4) is 0 Å². The highest BCUT2D eigenvalue weighted by Gasteiger charge is 2.14. The second-order valence-corrected chi connectivity index (χ2v) is 8.83. The molecule has 0 radical (unpaired) electrons. The van der Waals surface area contributed by atoms with Crippen molar-refractivity contribution in [3.05, 3.63) is 86.3 Å². The smallest absolute Gasteiger partial charge is 0.266 e. The number of hydrogen-bond acceptors (Lipinski definition) is 6. The number of aromatic nitrogens is 2. The standard InChI is InChI=1S/C23H20N4O2S2/c1-15-7-9-17(10-8-15)27-22(29)18-5-3-4-6-19(18)25-23(27)31-14-21(28)26-24-13-20-16(2)11-12-30-20/h3-13H,14H2,1-2H3,(H,26,28). The van der Waals surface area contributed by atoms with E-state index >= 15 is 0 Å². The van der Waals surface area contributed by atoms with Gasteiger partial charge in [0.15, 0.2) is 5.16 Å². The zero-order valence-electron chi connectivity index (χ0n) is 17.0. The highest BCUT2D eigenvalue weighted by molar-refractivity contribution is 7.99. The third kappa shape index (κ3) is 4.76. The predicted molar refractivity (Wildman–Crippen MR) is 128 cm³/mol. The number of fused-ring (bicyclic) bond motifs is 1. The van der Waals surface area contributed by atoms with Gasteiger partial charge in [-0.05, 0) is 55.1 Å². The number of carbonyl (C=O) groups is 1. The number of thioether (sulfide) groups is 1. The van der Waals surface area contributed by atoms with E-state index in [9.17, 15) is 9.59 Å². The second-order valence-electron chi connectivity index (χ2n) is 6.94. The Hall–Kier alpha value is -3.23. The van der Waals surface area contributed by atoms with Gasteiger partial charge in [0.05, 0.1) is 28.6 Å². The molecule has 4 aromatic rings. The number of thiophene rings is 1. The number of aryl methyl sites for hydroxylation is 2. The molecule has 8 heteroatoms. The molecule has 31 heavy (non-hydrogen) atoms. The minimum atomic E-state index is -0.270. The van der Waals surface area contributed by atoms with Gasteiger partial charge in [0, 0.05) is 4.88 Å². The Balaban J connectivity index is 1.59. The summed E-state index contributed by atoms with van der Waals surface area (Å²) in [6.07, 6.45) is 1.64. The van der Waals surface area contributed by atoms with Crippen LogP contribution in [0.5, 0.6) is 0 Å². The van der Waals surface area contributed by atoms with E-state index in [1.54, 1.807) is 34.3 Å². The van der Waals surface area contributed by atoms with Crippen LogP contribution in [0.2, 0.25) is 0 Å². The van der Waals surface area contributed by atoms with E-state index in [4.69, 9.17) is 0 Å². The molecule has 2 aromatic heterocycles. The van der Waals surface area contributed by atoms with Crippen molar-refractivity contribution in [2.24, 2.45) is 5.10 Å². The molecule has 2 aromatic carbocycles. The van der Waals surface area contributed by atoms with Crippen molar-refractivity contribution in [1.82, 2.24) is 15.0 Å². The van der Waals surface area contributed by atoms with Gasteiger partial charge in [0.25, 0.3) is 11.5 Å². The summed E-state index contributed by atoms with van der Waals surface area (Å²) >= 11 is 2.76. The molecule has 0 aliphatic heterocycles. The summed E-state index contributed by atoms with van der Waals surface area (Å²) in [4.78, 5) is 31.2. The molecular weight excluding hydrogens is 428 g/mol. The maximum Gasteiger partial charge on any atom is 0.266 e. The molecule has 0 saturated heterocycles. The summed E-state index contributed by atoms with van der Waals surface area (Å²) in [5.41, 5.74) is 5.89. The molecule has 0 aliphatic rings. The number of benzene rings is 2. The summed E-state index contributed by atoms with van der Waals surface area (Å²) in [6, 6.07) is 16.9. The van der Waals surface area contributed by atoms with Gasteiger partial charge in [0.1, 0.15) is 0 Å². The fraction of sp³-hybridized carbons (Fsp3) is 0.130. The maximum absolute atomic E-state index is 13.2. The lowest BCUT2D eigenvalue weighted by Gasteiger charge is -2.13. The molecule has 156 valence electrons. The molecule has 0 unspecified atom stereocenters. The molecular formula is C23H20N4O2S2. The number of carbonyl (C=O) groups excluding carboxylic acids is 1. The van der Waals surface area contributed by atoms with Gasteiger partial charge in [-0.1, -0.05) is 41.6 Å². The molecule has 0 atom stereocenters. The third-order valence-electron chi connectivity index (χ3n) is 4.64. The summed E-state index contributed by atoms with van der Waals surface area (Å²) in [6.45, 7) is 3.98. The van der Waals surface area contributed by atoms with E-state index in [1.165, 1.54) is 11.8 Å². The van der Waals surface area contributed by atoms with Gasteiger partial charge in [-0.25, -0.2) is 10.4 Å². The van der Waals surface area contributed by atoms with Crippen LogP contribution >= 0.6 is 23.1 Å². The third-order valence-corrected chi connectivity index (χ3v) is 6.53. The fourth-order valence-electron chi connectivity index (χ4n) is 2.97. The molecule has 0 aliphatic carbocycles. The number of amides is 1. The number of nitrogens with zero attached hydrogens (tertiary/aromatic N) is 3. The lowest BCUT2D eigenvalue weighted by molar-refractivity contribution is -0.118. The average molecular weight is 449 g/mol. The largest absolute Gasteiger partial charge is 0.272 e. The van der Waals surface area contributed by atoms with Gasteiger partial charge in [0.2, 0.25) is 0 Å². The number of hydrogen-bond donors (Lipinski definition) is 1. The molecule has 0 bridgehead atoms. The van der Waals surface area contributed by atoms with Crippen molar-refractivity contribution in [2.75, 3.05) is 5.75 Å². The summed E-state index contributed by atoms with van der Waals surface area (Å²) in [5, 5.41) is 7.00. The first kappa shape index (κ1) is 21.0. The van der Waals surface area contributed by atoms with E-state index in [0.717, 1.165) is 16.0 Å². The van der Waals surface area contributed by atoms with Gasteiger partial charge in [-0.3, -0.25) is 14.2 Å². The first-order valence-corrected chi connectivity index (χ1v) is 11.5. The van der Waals surface area contributed by atoms with Crippen LogP contribution in [0.4, 0.5) is 0 Å². The lowest BCUT2D eigenvalue weighted by atomic mass is 10.2. The van der Waals surface area contributed by atoms with Crippen molar-refractivity contribution < 1.29 is 4.79 Å². The summed E-state index contributed by atoms with van der Waals surface area (Å²) in [7, 11) is 0. The van der Waals surface area contributed by atoms with E-state index < -0.39 is 0 Å². The number of rotatable bonds is 6. The summed E-state index contributed by atoms with van der Waals surface area (Å²) in [5.74, 6) is -0.189. The number of hydrazone groups is 1. The van der Waals surface area contributed by atoms with Crippen LogP contribution in [0.25, 0.3) is 16.6 Å². The first-order valence-electron chi connectivity index (χ1n) is 9.60. The molecule has 0 spiro atoms. The van der Waals surface area contributed by atoms with E-state index in [1.807, 2.05) is 61.7 Å². The van der Waals surface area contributed by atoms with Gasteiger partial charge in [-0.15, -0.1) is 11.3 Å². The van der Waals surface area contributed by atoms with Crippen molar-refractivity contribution in [1.29, 1.82) is 0 Å². The van der Waals surface area contributed by atoms with Crippen LogP contribution < -0.4 is 11.0 Å². The van der Waals surface area contributed by atoms with Gasteiger partial charge >= 0.3 is 0 Å². The Morgan fingerprint density at radius 2 is 1.94 bits per heavy atom. The quantitative estimate of drug-likeness (QED) is 0.206.